The van der Waals surface area contributed by atoms with Crippen molar-refractivity contribution in [2.75, 3.05) is 33.7 Å². The van der Waals surface area contributed by atoms with Crippen molar-refractivity contribution >= 4 is 0 Å². The molecule has 112 valence electrons. The van der Waals surface area contributed by atoms with Crippen LogP contribution in [-0.2, 0) is 0 Å². The summed E-state index contributed by atoms with van der Waals surface area (Å²) in [6.07, 6.45) is 3.36. The number of hydrogen-bond donors (Lipinski definition) is 1. The molecule has 1 fully saturated rings. The summed E-state index contributed by atoms with van der Waals surface area (Å²) in [7, 11) is 4.32. The average Bonchev–Trinajstić information content (AvgIpc) is 2.82. The number of nitrogens with zero attached hydrogens (tertiary/aromatic N) is 2. The molecule has 3 nitrogen and oxygen atoms in total. The van der Waals surface area contributed by atoms with E-state index in [1.807, 2.05) is 6.07 Å². The summed E-state index contributed by atoms with van der Waals surface area (Å²) in [5.41, 5.74) is 6.73. The predicted molar refractivity (Wildman–Crippen MR) is 81.1 cm³/mol. The first-order chi connectivity index (χ1) is 9.58. The Morgan fingerprint density at radius 1 is 1.45 bits per heavy atom. The molecular weight excluding hydrogens is 253 g/mol. The number of hydrogen-bond acceptors (Lipinski definition) is 3. The third-order valence-corrected chi connectivity index (χ3v) is 4.32. The standard InChI is InChI=1S/C16H26FN3/c1-19(12-13-6-5-10-20(13)2)11-9-16(18)14-7-3-4-8-15(14)17/h3-4,7-8,13,16H,5-6,9-12,18H2,1-2H3. The normalized spacial score (nSPS) is 21.6. The fraction of sp³-hybridized carbons (Fsp3) is 0.625. The molecule has 2 N–H and O–H groups in total. The van der Waals surface area contributed by atoms with Crippen molar-refractivity contribution in [2.24, 2.45) is 5.73 Å². The fourth-order valence-electron chi connectivity index (χ4n) is 2.95. The van der Waals surface area contributed by atoms with Gasteiger partial charge in [-0.25, -0.2) is 4.39 Å². The van der Waals surface area contributed by atoms with Gasteiger partial charge in [-0.15, -0.1) is 0 Å². The van der Waals surface area contributed by atoms with E-state index in [9.17, 15) is 4.39 Å². The molecule has 1 aliphatic rings. The van der Waals surface area contributed by atoms with Gasteiger partial charge < -0.3 is 15.5 Å². The molecule has 0 aliphatic carbocycles. The molecule has 4 heteroatoms. The van der Waals surface area contributed by atoms with Crippen LogP contribution in [0.1, 0.15) is 30.9 Å². The lowest BCUT2D eigenvalue weighted by Gasteiger charge is -2.26. The highest BCUT2D eigenvalue weighted by Gasteiger charge is 2.22. The largest absolute Gasteiger partial charge is 0.324 e. The Morgan fingerprint density at radius 3 is 2.85 bits per heavy atom. The van der Waals surface area contributed by atoms with Gasteiger partial charge >= 0.3 is 0 Å². The van der Waals surface area contributed by atoms with Crippen LogP contribution in [-0.4, -0.2) is 49.6 Å². The summed E-state index contributed by atoms with van der Waals surface area (Å²) >= 11 is 0. The topological polar surface area (TPSA) is 32.5 Å². The van der Waals surface area contributed by atoms with E-state index in [-0.39, 0.29) is 11.9 Å². The number of halogens is 1. The highest BCUT2D eigenvalue weighted by molar-refractivity contribution is 5.20. The van der Waals surface area contributed by atoms with Gasteiger partial charge in [0.2, 0.25) is 0 Å². The van der Waals surface area contributed by atoms with Crippen LogP contribution < -0.4 is 5.73 Å². The molecule has 2 unspecified atom stereocenters. The highest BCUT2D eigenvalue weighted by Crippen LogP contribution is 2.19. The number of nitrogens with two attached hydrogens (primary N) is 1. The van der Waals surface area contributed by atoms with E-state index < -0.39 is 0 Å². The van der Waals surface area contributed by atoms with Crippen molar-refractivity contribution < 1.29 is 4.39 Å². The maximum atomic E-state index is 13.6. The Kier molecular flexibility index (Phi) is 5.52. The van der Waals surface area contributed by atoms with Crippen molar-refractivity contribution in [3.8, 4) is 0 Å². The molecule has 0 spiro atoms. The third-order valence-electron chi connectivity index (χ3n) is 4.32. The first-order valence-electron chi connectivity index (χ1n) is 7.46. The summed E-state index contributed by atoms with van der Waals surface area (Å²) < 4.78 is 13.6. The minimum Gasteiger partial charge on any atom is -0.324 e. The highest BCUT2D eigenvalue weighted by atomic mass is 19.1. The second-order valence-electron chi connectivity index (χ2n) is 5.96. The quantitative estimate of drug-likeness (QED) is 0.867. The van der Waals surface area contributed by atoms with Crippen molar-refractivity contribution in [1.82, 2.24) is 9.80 Å². The van der Waals surface area contributed by atoms with Crippen LogP contribution in [0, 0.1) is 5.82 Å². The van der Waals surface area contributed by atoms with Gasteiger partial charge in [-0.1, -0.05) is 18.2 Å². The number of likely N-dealkylation sites (N-methyl/N-ethyl adjacent to an activating group) is 2. The van der Waals surface area contributed by atoms with Gasteiger partial charge in [0.05, 0.1) is 0 Å². The predicted octanol–water partition coefficient (Wildman–Crippen LogP) is 2.24. The van der Waals surface area contributed by atoms with Gasteiger partial charge in [-0.3, -0.25) is 0 Å². The second-order valence-corrected chi connectivity index (χ2v) is 5.96. The summed E-state index contributed by atoms with van der Waals surface area (Å²) in [4.78, 5) is 4.74. The summed E-state index contributed by atoms with van der Waals surface area (Å²) in [5, 5.41) is 0. The van der Waals surface area contributed by atoms with E-state index in [1.165, 1.54) is 25.5 Å². The van der Waals surface area contributed by atoms with E-state index >= 15 is 0 Å². The molecule has 0 radical (unpaired) electrons. The van der Waals surface area contributed by atoms with Crippen molar-refractivity contribution in [1.29, 1.82) is 0 Å². The lowest BCUT2D eigenvalue weighted by Crippen LogP contribution is -2.37. The van der Waals surface area contributed by atoms with Gasteiger partial charge in [-0.2, -0.15) is 0 Å². The molecule has 0 bridgehead atoms. The summed E-state index contributed by atoms with van der Waals surface area (Å²) in [6, 6.07) is 7.24. The van der Waals surface area contributed by atoms with Gasteiger partial charge in [0.15, 0.2) is 0 Å². The molecule has 1 aromatic rings. The fourth-order valence-corrected chi connectivity index (χ4v) is 2.95. The maximum Gasteiger partial charge on any atom is 0.127 e. The van der Waals surface area contributed by atoms with E-state index in [4.69, 9.17) is 5.73 Å². The smallest absolute Gasteiger partial charge is 0.127 e. The van der Waals surface area contributed by atoms with Crippen molar-refractivity contribution in [3.05, 3.63) is 35.6 Å². The summed E-state index contributed by atoms with van der Waals surface area (Å²) in [6.45, 7) is 3.17. The van der Waals surface area contributed by atoms with E-state index in [0.717, 1.165) is 19.5 Å². The van der Waals surface area contributed by atoms with Crippen LogP contribution in [0.3, 0.4) is 0 Å². The lowest BCUT2D eigenvalue weighted by molar-refractivity contribution is 0.215. The zero-order chi connectivity index (χ0) is 14.5. The molecule has 2 rings (SSSR count). The molecule has 0 aromatic heterocycles. The monoisotopic (exact) mass is 279 g/mol. The molecule has 0 saturated carbocycles. The molecule has 1 heterocycles. The maximum absolute atomic E-state index is 13.6. The van der Waals surface area contributed by atoms with E-state index in [2.05, 4.69) is 23.9 Å². The SMILES string of the molecule is CN(CCC(N)c1ccccc1F)CC1CCCN1C. The van der Waals surface area contributed by atoms with Crippen LogP contribution in [0.5, 0.6) is 0 Å². The Morgan fingerprint density at radius 2 is 2.20 bits per heavy atom. The molecule has 20 heavy (non-hydrogen) atoms. The minimum atomic E-state index is -0.222. The first-order valence-corrected chi connectivity index (χ1v) is 7.46. The van der Waals surface area contributed by atoms with Crippen LogP contribution in [0.2, 0.25) is 0 Å². The summed E-state index contributed by atoms with van der Waals surface area (Å²) in [5.74, 6) is -0.196. The zero-order valence-corrected chi connectivity index (χ0v) is 12.6. The van der Waals surface area contributed by atoms with Crippen LogP contribution in [0.4, 0.5) is 4.39 Å². The zero-order valence-electron chi connectivity index (χ0n) is 12.6. The second kappa shape index (κ2) is 7.16. The Bertz CT molecular complexity index is 424. The number of benzene rings is 1. The van der Waals surface area contributed by atoms with Gasteiger partial charge in [0.1, 0.15) is 5.82 Å². The van der Waals surface area contributed by atoms with E-state index in [0.29, 0.717) is 11.6 Å². The molecule has 1 aromatic carbocycles. The third kappa shape index (κ3) is 4.01. The van der Waals surface area contributed by atoms with Gasteiger partial charge in [-0.05, 0) is 52.5 Å². The van der Waals surface area contributed by atoms with Crippen LogP contribution in [0.15, 0.2) is 24.3 Å². The van der Waals surface area contributed by atoms with Gasteiger partial charge in [0.25, 0.3) is 0 Å². The molecular formula is C16H26FN3. The van der Waals surface area contributed by atoms with Gasteiger partial charge in [0, 0.05) is 24.2 Å². The van der Waals surface area contributed by atoms with Crippen molar-refractivity contribution in [3.63, 3.8) is 0 Å². The average molecular weight is 279 g/mol. The Hall–Kier alpha value is -0.970. The van der Waals surface area contributed by atoms with Crippen molar-refractivity contribution in [2.45, 2.75) is 31.3 Å². The first kappa shape index (κ1) is 15.4. The molecule has 1 saturated heterocycles. The lowest BCUT2D eigenvalue weighted by atomic mass is 10.0. The molecule has 1 aliphatic heterocycles. The Balaban J connectivity index is 1.78. The number of likely N-dealkylation sites (tertiary alicyclic amines) is 1. The van der Waals surface area contributed by atoms with Crippen LogP contribution in [0.25, 0.3) is 0 Å². The molecule has 0 amide bonds. The van der Waals surface area contributed by atoms with E-state index in [1.54, 1.807) is 12.1 Å². The number of rotatable bonds is 6. The Labute approximate surface area is 121 Å². The van der Waals surface area contributed by atoms with Crippen LogP contribution >= 0.6 is 0 Å². The molecule has 2 atom stereocenters. The minimum absolute atomic E-state index is 0.196.